The molecule has 2 aromatic rings. The van der Waals surface area contributed by atoms with Crippen molar-refractivity contribution in [3.05, 3.63) is 42.0 Å². The van der Waals surface area contributed by atoms with Gasteiger partial charge in [-0.3, -0.25) is 4.48 Å². The van der Waals surface area contributed by atoms with Gasteiger partial charge in [0.15, 0.2) is 0 Å². The lowest BCUT2D eigenvalue weighted by molar-refractivity contribution is -0.000678. The molecule has 0 saturated heterocycles. The Bertz CT molecular complexity index is 609. The van der Waals surface area contributed by atoms with Crippen LogP contribution in [0.4, 0.5) is 5.69 Å². The molecule has 0 aromatic heterocycles. The van der Waals surface area contributed by atoms with Crippen LogP contribution in [0.5, 0.6) is 0 Å². The number of ether oxygens (including phenoxy) is 1. The van der Waals surface area contributed by atoms with Crippen LogP contribution in [0.25, 0.3) is 10.8 Å². The first kappa shape index (κ1) is 12.0. The van der Waals surface area contributed by atoms with Crippen LogP contribution < -0.4 is 16.9 Å². The largest absolute Gasteiger partial charge is 1.00 e. The van der Waals surface area contributed by atoms with Crippen molar-refractivity contribution in [1.29, 1.82) is 0 Å². The van der Waals surface area contributed by atoms with E-state index in [0.29, 0.717) is 4.48 Å². The summed E-state index contributed by atoms with van der Waals surface area (Å²) in [4.78, 5) is 0. The van der Waals surface area contributed by atoms with Gasteiger partial charge in [-0.25, -0.2) is 0 Å². The molecule has 1 aliphatic heterocycles. The Morgan fingerprint density at radius 3 is 2.56 bits per heavy atom. The lowest BCUT2D eigenvalue weighted by Crippen LogP contribution is -3.00. The monoisotopic (exact) mass is 264 g/mol. The highest BCUT2D eigenvalue weighted by molar-refractivity contribution is 5.97. The molecule has 18 heavy (non-hydrogen) atoms. The first-order valence-corrected chi connectivity index (χ1v) is 5.88. The van der Waals surface area contributed by atoms with E-state index in [1.807, 2.05) is 6.07 Å². The van der Waals surface area contributed by atoms with E-state index >= 15 is 0 Å². The number of likely N-dealkylation sites (N-methyl/N-ethyl adjacent to an activating group) is 1. The minimum absolute atomic E-state index is 0. The molecule has 0 aliphatic carbocycles. The molecule has 0 bridgehead atoms. The van der Waals surface area contributed by atoms with Crippen molar-refractivity contribution < 1.29 is 18.5 Å². The number of hydrogen-bond donors (Lipinski definition) is 0. The van der Waals surface area contributed by atoms with E-state index in [1.54, 1.807) is 7.11 Å². The topological polar surface area (TPSA) is 9.23 Å². The fraction of sp³-hybridized carbons (Fsp3) is 0.333. The standard InChI is InChI=1S/C15H18NO.ClH/c1-16(2)13-9-5-7-11-6-4-8-12(15(11)13)10-14(16)17-3;/h4-9,14H,10H2,1-3H3;1H/q+1;/p-1/i10D;. The van der Waals surface area contributed by atoms with Crippen LogP contribution in [0, 0.1) is 0 Å². The van der Waals surface area contributed by atoms with E-state index in [-0.39, 0.29) is 25.0 Å². The van der Waals surface area contributed by atoms with Crippen molar-refractivity contribution in [3.63, 3.8) is 0 Å². The Morgan fingerprint density at radius 1 is 1.22 bits per heavy atom. The maximum atomic E-state index is 8.46. The fourth-order valence-electron chi connectivity index (χ4n) is 2.78. The summed E-state index contributed by atoms with van der Waals surface area (Å²) in [6, 6.07) is 12.5. The molecule has 96 valence electrons. The number of rotatable bonds is 1. The molecule has 0 radical (unpaired) electrons. The second kappa shape index (κ2) is 4.54. The number of halogens is 1. The normalized spacial score (nSPS) is 25.4. The van der Waals surface area contributed by atoms with Gasteiger partial charge in [-0.2, -0.15) is 0 Å². The molecule has 0 N–H and O–H groups in total. The molecule has 0 spiro atoms. The molecule has 0 amide bonds. The van der Waals surface area contributed by atoms with Gasteiger partial charge in [0.2, 0.25) is 6.23 Å². The van der Waals surface area contributed by atoms with Crippen LogP contribution in [0.15, 0.2) is 36.4 Å². The predicted octanol–water partition coefficient (Wildman–Crippen LogP) is -0.0607. The van der Waals surface area contributed by atoms with Crippen LogP contribution in [-0.4, -0.2) is 27.4 Å². The predicted molar refractivity (Wildman–Crippen MR) is 72.1 cm³/mol. The fourth-order valence-corrected chi connectivity index (χ4v) is 2.78. The third-order valence-corrected chi connectivity index (χ3v) is 3.74. The first-order chi connectivity index (χ1) is 8.57. The molecular formula is C15H18ClNO. The second-order valence-electron chi connectivity index (χ2n) is 5.06. The van der Waals surface area contributed by atoms with Gasteiger partial charge in [0.1, 0.15) is 5.69 Å². The molecular weight excluding hydrogens is 246 g/mol. The van der Waals surface area contributed by atoms with Crippen LogP contribution >= 0.6 is 0 Å². The number of quaternary nitrogens is 1. The Labute approximate surface area is 116 Å². The van der Waals surface area contributed by atoms with Crippen LogP contribution in [-0.2, 0) is 11.1 Å². The smallest absolute Gasteiger partial charge is 0.201 e. The third kappa shape index (κ3) is 1.72. The summed E-state index contributed by atoms with van der Waals surface area (Å²) in [6.07, 6.45) is -0.505. The van der Waals surface area contributed by atoms with E-state index in [2.05, 4.69) is 44.4 Å². The zero-order valence-electron chi connectivity index (χ0n) is 11.9. The zero-order valence-corrected chi connectivity index (χ0v) is 11.6. The number of hydrogen-bond acceptors (Lipinski definition) is 1. The van der Waals surface area contributed by atoms with Crippen molar-refractivity contribution >= 4 is 16.5 Å². The third-order valence-electron chi connectivity index (χ3n) is 3.74. The van der Waals surface area contributed by atoms with Gasteiger partial charge in [-0.05, 0) is 17.0 Å². The van der Waals surface area contributed by atoms with Crippen molar-refractivity contribution in [3.8, 4) is 0 Å². The van der Waals surface area contributed by atoms with Crippen LogP contribution in [0.2, 0.25) is 0 Å². The molecule has 2 nitrogen and oxygen atoms in total. The lowest BCUT2D eigenvalue weighted by Gasteiger charge is -2.40. The highest BCUT2D eigenvalue weighted by Gasteiger charge is 2.37. The minimum Gasteiger partial charge on any atom is -1.00 e. The summed E-state index contributed by atoms with van der Waals surface area (Å²) in [7, 11) is 5.92. The van der Waals surface area contributed by atoms with E-state index in [1.165, 1.54) is 16.5 Å². The zero-order chi connectivity index (χ0) is 12.9. The molecule has 1 aliphatic rings. The van der Waals surface area contributed by atoms with E-state index in [9.17, 15) is 0 Å². The molecule has 2 aromatic carbocycles. The summed E-state index contributed by atoms with van der Waals surface area (Å²) >= 11 is 0. The summed E-state index contributed by atoms with van der Waals surface area (Å²) in [5.41, 5.74) is 2.31. The summed E-state index contributed by atoms with van der Waals surface area (Å²) < 4.78 is 14.6. The first-order valence-electron chi connectivity index (χ1n) is 6.46. The van der Waals surface area contributed by atoms with E-state index < -0.39 is 0 Å². The minimum atomic E-state index is -0.344. The van der Waals surface area contributed by atoms with Gasteiger partial charge < -0.3 is 17.1 Å². The maximum Gasteiger partial charge on any atom is 0.201 e. The Morgan fingerprint density at radius 2 is 1.89 bits per heavy atom. The number of benzene rings is 2. The highest BCUT2D eigenvalue weighted by atomic mass is 35.5. The van der Waals surface area contributed by atoms with Gasteiger partial charge in [0, 0.05) is 13.9 Å². The van der Waals surface area contributed by atoms with Gasteiger partial charge in [-0.15, -0.1) is 0 Å². The molecule has 0 saturated carbocycles. The summed E-state index contributed by atoms with van der Waals surface area (Å²) in [5.74, 6) is 0. The van der Waals surface area contributed by atoms with Crippen molar-refractivity contribution in [1.82, 2.24) is 4.48 Å². The molecule has 0 fully saturated rings. The highest BCUT2D eigenvalue weighted by Crippen LogP contribution is 2.39. The van der Waals surface area contributed by atoms with Gasteiger partial charge >= 0.3 is 0 Å². The Balaban J connectivity index is 0.00000133. The quantitative estimate of drug-likeness (QED) is 0.656. The Hall–Kier alpha value is -1.09. The second-order valence-corrected chi connectivity index (χ2v) is 5.06. The maximum absolute atomic E-state index is 8.46. The van der Waals surface area contributed by atoms with E-state index in [4.69, 9.17) is 6.11 Å². The van der Waals surface area contributed by atoms with E-state index in [0.717, 1.165) is 5.56 Å². The van der Waals surface area contributed by atoms with Crippen molar-refractivity contribution in [2.45, 2.75) is 12.6 Å². The summed E-state index contributed by atoms with van der Waals surface area (Å²) in [5, 5.41) is 2.43. The van der Waals surface area contributed by atoms with Gasteiger partial charge in [0.25, 0.3) is 0 Å². The summed E-state index contributed by atoms with van der Waals surface area (Å²) in [6.45, 7) is 0. The number of nitrogens with zero attached hydrogens (tertiary/aromatic N) is 1. The van der Waals surface area contributed by atoms with Crippen LogP contribution in [0.3, 0.4) is 0 Å². The lowest BCUT2D eigenvalue weighted by atomic mass is 9.94. The molecule has 3 heteroatoms. The Kier molecular flexibility index (Phi) is 3.02. The van der Waals surface area contributed by atoms with Crippen LogP contribution in [0.1, 0.15) is 6.93 Å². The molecule has 1 heterocycles. The average molecular weight is 265 g/mol. The van der Waals surface area contributed by atoms with Gasteiger partial charge in [0.05, 0.1) is 20.5 Å². The molecule has 2 atom stereocenters. The number of methoxy groups -OCH3 is 1. The molecule has 3 rings (SSSR count). The van der Waals surface area contributed by atoms with Gasteiger partial charge in [-0.1, -0.05) is 30.3 Å². The van der Waals surface area contributed by atoms with Crippen molar-refractivity contribution in [2.75, 3.05) is 21.2 Å². The molecule has 2 unspecified atom stereocenters. The SMILES string of the molecule is [2H]C1c2cccc3cccc(c23)[N+](C)(C)C1OC.[Cl-]. The average Bonchev–Trinajstić information content (AvgIpc) is 2.36. The van der Waals surface area contributed by atoms with Crippen molar-refractivity contribution in [2.24, 2.45) is 0 Å².